The number of hydrogen-bond donors (Lipinski definition) is 9. The molecule has 0 aliphatic carbocycles. The lowest BCUT2D eigenvalue weighted by Gasteiger charge is -2.25. The van der Waals surface area contributed by atoms with Gasteiger partial charge in [-0.1, -0.05) is 55.8 Å². The molecule has 0 radical (unpaired) electrons. The molecule has 1 unspecified atom stereocenters. The van der Waals surface area contributed by atoms with Gasteiger partial charge in [0, 0.05) is 29.8 Å². The van der Waals surface area contributed by atoms with Gasteiger partial charge in [0.05, 0.1) is 28.9 Å². The van der Waals surface area contributed by atoms with Crippen LogP contribution in [-0.4, -0.2) is 99.5 Å². The molecule has 0 aliphatic rings. The molecule has 336 valence electrons. The number of primary amides is 2. The number of ketones is 1. The zero-order valence-electron chi connectivity index (χ0n) is 34.4. The van der Waals surface area contributed by atoms with Gasteiger partial charge in [-0.05, 0) is 74.1 Å². The van der Waals surface area contributed by atoms with Crippen molar-refractivity contribution in [1.29, 1.82) is 0 Å². The molecule has 62 heavy (non-hydrogen) atoms. The molecular formula is C41H53N7O12S2. The fraction of sp³-hybridized carbons (Fsp3) is 0.390. The van der Waals surface area contributed by atoms with Crippen molar-refractivity contribution < 1.29 is 55.5 Å². The van der Waals surface area contributed by atoms with E-state index < -0.39 is 103 Å². The molecule has 19 nitrogen and oxygen atoms in total. The summed E-state index contributed by atoms with van der Waals surface area (Å²) in [5.74, 6) is -7.95. The van der Waals surface area contributed by atoms with E-state index >= 15 is 0 Å². The fourth-order valence-electron chi connectivity index (χ4n) is 6.07. The van der Waals surface area contributed by atoms with Gasteiger partial charge in [-0.15, -0.1) is 0 Å². The second-order valence-electron chi connectivity index (χ2n) is 14.8. The molecular weight excluding hydrogens is 847 g/mol. The number of rotatable bonds is 24. The van der Waals surface area contributed by atoms with E-state index in [2.05, 4.69) is 26.6 Å². The van der Waals surface area contributed by atoms with Gasteiger partial charge in [0.1, 0.15) is 28.8 Å². The number of carbonyl (C=O) groups excluding carboxylic acids is 7. The molecule has 0 aromatic heterocycles. The van der Waals surface area contributed by atoms with Crippen LogP contribution in [0.1, 0.15) is 71.4 Å². The number of carbonyl (C=O) groups is 7. The van der Waals surface area contributed by atoms with Crippen LogP contribution in [-0.2, 0) is 46.3 Å². The van der Waals surface area contributed by atoms with Gasteiger partial charge in [0.2, 0.25) is 23.6 Å². The number of nitrogens with one attached hydrogen (secondary N) is 5. The molecule has 3 aromatic carbocycles. The lowest BCUT2D eigenvalue weighted by molar-refractivity contribution is -0.132. The number of anilines is 1. The smallest absolute Gasteiger partial charge is 0.312 e. The molecule has 0 saturated carbocycles. The van der Waals surface area contributed by atoms with Crippen molar-refractivity contribution in [3.05, 3.63) is 95.1 Å². The minimum atomic E-state index is -4.05. The van der Waals surface area contributed by atoms with Crippen molar-refractivity contribution in [2.24, 2.45) is 23.3 Å². The maximum absolute atomic E-state index is 13.5. The summed E-state index contributed by atoms with van der Waals surface area (Å²) >= 11 is 0. The monoisotopic (exact) mass is 899 g/mol. The van der Waals surface area contributed by atoms with E-state index in [0.717, 1.165) is 5.56 Å². The number of thiol groups is 1. The van der Waals surface area contributed by atoms with Crippen LogP contribution < -0.4 is 38.1 Å². The van der Waals surface area contributed by atoms with Gasteiger partial charge in [0.15, 0.2) is 15.6 Å². The van der Waals surface area contributed by atoms with Crippen molar-refractivity contribution in [2.45, 2.75) is 76.1 Å². The number of urea groups is 1. The van der Waals surface area contributed by atoms with Crippen molar-refractivity contribution in [3.8, 4) is 0 Å². The summed E-state index contributed by atoms with van der Waals surface area (Å²) in [6, 6.07) is 12.7. The Kier molecular flexibility index (Phi) is 19.2. The number of aliphatic hydroxyl groups is 1. The van der Waals surface area contributed by atoms with E-state index in [0.29, 0.717) is 11.3 Å². The zero-order valence-corrected chi connectivity index (χ0v) is 36.1. The average Bonchev–Trinajstić information content (AvgIpc) is 3.21. The van der Waals surface area contributed by atoms with Gasteiger partial charge < -0.3 is 43.2 Å². The van der Waals surface area contributed by atoms with E-state index in [4.69, 9.17) is 11.5 Å². The highest BCUT2D eigenvalue weighted by Gasteiger charge is 2.31. The molecule has 21 heteroatoms. The first-order chi connectivity index (χ1) is 29.2. The summed E-state index contributed by atoms with van der Waals surface area (Å²) in [6.45, 7) is 4.99. The van der Waals surface area contributed by atoms with Crippen molar-refractivity contribution in [1.82, 2.24) is 21.3 Å². The predicted octanol–water partition coefficient (Wildman–Crippen LogP) is 0.448. The third kappa shape index (κ3) is 16.0. The Labute approximate surface area is 361 Å². The molecule has 4 atom stereocenters. The summed E-state index contributed by atoms with van der Waals surface area (Å²) in [5, 5.41) is 22.1. The molecule has 10 N–H and O–H groups in total. The number of benzene rings is 3. The number of hydrogen-bond acceptors (Lipinski definition) is 12. The van der Waals surface area contributed by atoms with Crippen molar-refractivity contribution in [2.75, 3.05) is 23.4 Å². The number of aliphatic hydroxyl groups excluding tert-OH is 1. The lowest BCUT2D eigenvalue weighted by atomic mass is 9.99. The number of nitrogens with two attached hydrogens (primary N) is 2. The third-order valence-corrected chi connectivity index (χ3v) is 12.1. The Morgan fingerprint density at radius 2 is 1.37 bits per heavy atom. The van der Waals surface area contributed by atoms with Crippen molar-refractivity contribution >= 4 is 67.6 Å². The molecule has 0 spiro atoms. The van der Waals surface area contributed by atoms with Gasteiger partial charge in [-0.3, -0.25) is 28.8 Å². The minimum absolute atomic E-state index is 0.0429. The molecule has 7 amide bonds. The topological polar surface area (TPSA) is 320 Å². The van der Waals surface area contributed by atoms with E-state index in [9.17, 15) is 55.5 Å². The summed E-state index contributed by atoms with van der Waals surface area (Å²) in [6.07, 6.45) is -0.333. The standard InChI is InChI=1S/C41H53N7O12S2/c1-24(2)35(40(55)47-33(5-4-20-44-41(43)56)39(54)45-30-14-8-26(21-49)9-15-30)48-34(50)19-18-32(37(42)52)46-38(53)28-12-10-27(11-13-28)36(51)29(22-61(57)58)23-62(59,60)31-16-6-25(3)7-17-31/h6-17,24,29,32-33,35,49,61H,4-5,18-23H2,1-3H3,(H2,42,52)(H,45,54)(H,46,53)(H,47,55)(H,48,50)(H3,43,44,56)/t29?,32-,33-,35-/m0/s1. The van der Waals surface area contributed by atoms with E-state index in [1.54, 1.807) is 57.2 Å². The van der Waals surface area contributed by atoms with E-state index in [1.807, 2.05) is 0 Å². The molecule has 0 heterocycles. The van der Waals surface area contributed by atoms with Crippen LogP contribution in [0.15, 0.2) is 77.7 Å². The SMILES string of the molecule is Cc1ccc(S(=O)(=O)CC(C[SH](=O)=O)C(=O)c2ccc(C(=O)N[C@@H](CCC(=O)N[C@H](C(=O)N[C@@H](CCCNC(N)=O)C(=O)Nc3ccc(CO)cc3)C(C)C)C(N)=O)cc2)cc1. The normalized spacial score (nSPS) is 13.3. The maximum atomic E-state index is 13.5. The van der Waals surface area contributed by atoms with E-state index in [-0.39, 0.29) is 54.9 Å². The lowest BCUT2D eigenvalue weighted by Crippen LogP contribution is -2.54. The molecule has 0 fully saturated rings. The van der Waals surface area contributed by atoms with Crippen molar-refractivity contribution in [3.63, 3.8) is 0 Å². The molecule has 0 saturated heterocycles. The molecule has 3 rings (SSSR count). The first-order valence-electron chi connectivity index (χ1n) is 19.5. The molecule has 0 aliphatic heterocycles. The van der Waals surface area contributed by atoms with Gasteiger partial charge in [0.25, 0.3) is 5.91 Å². The minimum Gasteiger partial charge on any atom is -0.392 e. The largest absolute Gasteiger partial charge is 0.392 e. The highest BCUT2D eigenvalue weighted by atomic mass is 32.2. The maximum Gasteiger partial charge on any atom is 0.312 e. The second kappa shape index (κ2) is 23.7. The Bertz CT molecular complexity index is 2260. The molecule has 3 aromatic rings. The highest BCUT2D eigenvalue weighted by Crippen LogP contribution is 2.20. The number of Topliss-reactive ketones (excluding diaryl/α,β-unsaturated/α-hetero) is 1. The van der Waals surface area contributed by atoms with E-state index in [1.165, 1.54) is 36.4 Å². The van der Waals surface area contributed by atoms with Crippen LogP contribution in [0.25, 0.3) is 0 Å². The average molecular weight is 900 g/mol. The number of aryl methyl sites for hydroxylation is 1. The Morgan fingerprint density at radius 3 is 1.92 bits per heavy atom. The quantitative estimate of drug-likeness (QED) is 0.0336. The summed E-state index contributed by atoms with van der Waals surface area (Å²) < 4.78 is 49.4. The van der Waals surface area contributed by atoms with Crippen LogP contribution in [0.2, 0.25) is 0 Å². The summed E-state index contributed by atoms with van der Waals surface area (Å²) in [7, 11) is -7.19. The first kappa shape index (κ1) is 50.2. The fourth-order valence-corrected chi connectivity index (χ4v) is 8.45. The first-order valence-corrected chi connectivity index (χ1v) is 22.5. The second-order valence-corrected chi connectivity index (χ2v) is 17.9. The van der Waals surface area contributed by atoms with Crippen LogP contribution >= 0.6 is 0 Å². The van der Waals surface area contributed by atoms with Gasteiger partial charge >= 0.3 is 6.03 Å². The summed E-state index contributed by atoms with van der Waals surface area (Å²) in [5.41, 5.74) is 12.4. The zero-order chi connectivity index (χ0) is 46.1. The number of amides is 7. The number of sulfone groups is 1. The highest BCUT2D eigenvalue weighted by molar-refractivity contribution is 7.91. The Balaban J connectivity index is 1.64. The van der Waals surface area contributed by atoms with Crippen LogP contribution in [0, 0.1) is 18.8 Å². The van der Waals surface area contributed by atoms with Crippen LogP contribution in [0.5, 0.6) is 0 Å². The summed E-state index contributed by atoms with van der Waals surface area (Å²) in [4.78, 5) is 89.8. The van der Waals surface area contributed by atoms with Gasteiger partial charge in [-0.25, -0.2) is 21.6 Å². The van der Waals surface area contributed by atoms with Crippen LogP contribution in [0.4, 0.5) is 10.5 Å². The predicted molar refractivity (Wildman–Crippen MR) is 229 cm³/mol. The van der Waals surface area contributed by atoms with Gasteiger partial charge in [-0.2, -0.15) is 0 Å². The third-order valence-electron chi connectivity index (χ3n) is 9.55. The Morgan fingerprint density at radius 1 is 0.758 bits per heavy atom. The Hall–Kier alpha value is -6.19. The molecule has 0 bridgehead atoms. The van der Waals surface area contributed by atoms with Crippen LogP contribution in [0.3, 0.4) is 0 Å².